The summed E-state index contributed by atoms with van der Waals surface area (Å²) in [7, 11) is 3.33. The number of nitrogens with one attached hydrogen (secondary N) is 1. The summed E-state index contributed by atoms with van der Waals surface area (Å²) < 4.78 is 10.7. The molecule has 1 fully saturated rings. The van der Waals surface area contributed by atoms with Crippen LogP contribution in [0.1, 0.15) is 24.4 Å². The normalized spacial score (nSPS) is 16.9. The van der Waals surface area contributed by atoms with Crippen LogP contribution in [0.15, 0.2) is 18.2 Å². The van der Waals surface area contributed by atoms with Crippen molar-refractivity contribution in [3.63, 3.8) is 0 Å². The summed E-state index contributed by atoms with van der Waals surface area (Å²) in [6.45, 7) is 0. The molecular formula is C12H18N2O2. The highest BCUT2D eigenvalue weighted by molar-refractivity contribution is 5.47. The van der Waals surface area contributed by atoms with Gasteiger partial charge in [-0.05, 0) is 30.9 Å². The van der Waals surface area contributed by atoms with Crippen LogP contribution in [0, 0.1) is 5.92 Å². The predicted octanol–water partition coefficient (Wildman–Crippen LogP) is 1.62. The van der Waals surface area contributed by atoms with Crippen LogP contribution >= 0.6 is 0 Å². The molecule has 0 spiro atoms. The van der Waals surface area contributed by atoms with Gasteiger partial charge in [-0.2, -0.15) is 0 Å². The van der Waals surface area contributed by atoms with E-state index in [0.717, 1.165) is 17.1 Å². The number of methoxy groups -OCH3 is 2. The lowest BCUT2D eigenvalue weighted by Crippen LogP contribution is -2.30. The highest BCUT2D eigenvalue weighted by Crippen LogP contribution is 2.46. The number of hydrogen-bond donors (Lipinski definition) is 2. The fraction of sp³-hybridized carbons (Fsp3) is 0.500. The molecule has 0 heterocycles. The number of rotatable bonds is 5. The van der Waals surface area contributed by atoms with Crippen LogP contribution < -0.4 is 20.7 Å². The van der Waals surface area contributed by atoms with E-state index < -0.39 is 0 Å². The van der Waals surface area contributed by atoms with Gasteiger partial charge in [0.05, 0.1) is 25.8 Å². The van der Waals surface area contributed by atoms with E-state index in [1.807, 2.05) is 18.2 Å². The first-order valence-corrected chi connectivity index (χ1v) is 5.48. The maximum Gasteiger partial charge on any atom is 0.127 e. The molecule has 1 atom stereocenters. The SMILES string of the molecule is COc1cccc(OC)c1C(NN)C1CC1. The Morgan fingerprint density at radius 1 is 1.25 bits per heavy atom. The van der Waals surface area contributed by atoms with Crippen LogP contribution in [0.4, 0.5) is 0 Å². The Balaban J connectivity index is 2.41. The third-order valence-electron chi connectivity index (χ3n) is 3.05. The van der Waals surface area contributed by atoms with Crippen molar-refractivity contribution in [2.45, 2.75) is 18.9 Å². The number of nitrogens with two attached hydrogens (primary N) is 1. The van der Waals surface area contributed by atoms with Gasteiger partial charge >= 0.3 is 0 Å². The Labute approximate surface area is 95.7 Å². The first-order chi connectivity index (χ1) is 7.81. The van der Waals surface area contributed by atoms with Crippen LogP contribution in [-0.4, -0.2) is 14.2 Å². The summed E-state index contributed by atoms with van der Waals surface area (Å²) in [6.07, 6.45) is 2.41. The van der Waals surface area contributed by atoms with Crippen molar-refractivity contribution in [1.29, 1.82) is 0 Å². The molecule has 1 aromatic carbocycles. The number of benzene rings is 1. The maximum absolute atomic E-state index is 5.63. The second-order valence-corrected chi connectivity index (χ2v) is 4.06. The molecule has 88 valence electrons. The molecule has 1 unspecified atom stereocenters. The molecule has 3 N–H and O–H groups in total. The van der Waals surface area contributed by atoms with Crippen LogP contribution in [0.2, 0.25) is 0 Å². The van der Waals surface area contributed by atoms with E-state index in [2.05, 4.69) is 5.43 Å². The minimum absolute atomic E-state index is 0.117. The molecule has 2 rings (SSSR count). The number of hydrazine groups is 1. The van der Waals surface area contributed by atoms with E-state index in [4.69, 9.17) is 15.3 Å². The lowest BCUT2D eigenvalue weighted by Gasteiger charge is -2.21. The fourth-order valence-electron chi connectivity index (χ4n) is 2.07. The van der Waals surface area contributed by atoms with Crippen molar-refractivity contribution < 1.29 is 9.47 Å². The van der Waals surface area contributed by atoms with E-state index in [1.165, 1.54) is 12.8 Å². The molecule has 0 bridgehead atoms. The summed E-state index contributed by atoms with van der Waals surface area (Å²) in [5, 5.41) is 0. The zero-order valence-corrected chi connectivity index (χ0v) is 9.69. The van der Waals surface area contributed by atoms with Crippen LogP contribution in [0.3, 0.4) is 0 Å². The van der Waals surface area contributed by atoms with Gasteiger partial charge in [0.2, 0.25) is 0 Å². The molecule has 0 radical (unpaired) electrons. The molecule has 0 aliphatic heterocycles. The van der Waals surface area contributed by atoms with Crippen molar-refractivity contribution in [2.24, 2.45) is 11.8 Å². The molecule has 0 aromatic heterocycles. The molecule has 1 aliphatic carbocycles. The van der Waals surface area contributed by atoms with Gasteiger partial charge in [-0.3, -0.25) is 11.3 Å². The Morgan fingerprint density at radius 2 is 1.81 bits per heavy atom. The average Bonchev–Trinajstić information content (AvgIpc) is 3.14. The van der Waals surface area contributed by atoms with Gasteiger partial charge in [0.15, 0.2) is 0 Å². The summed E-state index contributed by atoms with van der Waals surface area (Å²) in [5.41, 5.74) is 3.90. The second kappa shape index (κ2) is 4.72. The molecule has 1 saturated carbocycles. The maximum atomic E-state index is 5.63. The van der Waals surface area contributed by atoms with E-state index in [9.17, 15) is 0 Å². The Kier molecular flexibility index (Phi) is 3.31. The van der Waals surface area contributed by atoms with Gasteiger partial charge in [0.25, 0.3) is 0 Å². The zero-order chi connectivity index (χ0) is 11.5. The molecule has 1 aliphatic rings. The van der Waals surface area contributed by atoms with Crippen LogP contribution in [-0.2, 0) is 0 Å². The minimum atomic E-state index is 0.117. The molecule has 16 heavy (non-hydrogen) atoms. The second-order valence-electron chi connectivity index (χ2n) is 4.06. The Morgan fingerprint density at radius 3 is 2.19 bits per heavy atom. The highest BCUT2D eigenvalue weighted by atomic mass is 16.5. The van der Waals surface area contributed by atoms with Crippen molar-refractivity contribution in [3.8, 4) is 11.5 Å². The van der Waals surface area contributed by atoms with Crippen molar-refractivity contribution in [2.75, 3.05) is 14.2 Å². The van der Waals surface area contributed by atoms with Gasteiger partial charge in [-0.25, -0.2) is 0 Å². The predicted molar refractivity (Wildman–Crippen MR) is 62.3 cm³/mol. The smallest absolute Gasteiger partial charge is 0.127 e. The van der Waals surface area contributed by atoms with Crippen LogP contribution in [0.25, 0.3) is 0 Å². The quantitative estimate of drug-likeness (QED) is 0.587. The monoisotopic (exact) mass is 222 g/mol. The third kappa shape index (κ3) is 1.99. The zero-order valence-electron chi connectivity index (χ0n) is 9.69. The third-order valence-corrected chi connectivity index (χ3v) is 3.05. The first-order valence-electron chi connectivity index (χ1n) is 5.48. The Hall–Kier alpha value is -1.26. The molecule has 0 amide bonds. The molecule has 0 saturated heterocycles. The highest BCUT2D eigenvalue weighted by Gasteiger charge is 2.35. The average molecular weight is 222 g/mol. The first kappa shape index (κ1) is 11.2. The summed E-state index contributed by atoms with van der Waals surface area (Å²) in [4.78, 5) is 0. The number of ether oxygens (including phenoxy) is 2. The van der Waals surface area contributed by atoms with E-state index in [1.54, 1.807) is 14.2 Å². The van der Waals surface area contributed by atoms with Gasteiger partial charge in [-0.1, -0.05) is 6.07 Å². The molecule has 4 heteroatoms. The summed E-state index contributed by atoms with van der Waals surface area (Å²) >= 11 is 0. The lowest BCUT2D eigenvalue weighted by atomic mass is 10.0. The van der Waals surface area contributed by atoms with Gasteiger partial charge < -0.3 is 9.47 Å². The topological polar surface area (TPSA) is 56.5 Å². The van der Waals surface area contributed by atoms with Gasteiger partial charge in [0, 0.05) is 0 Å². The van der Waals surface area contributed by atoms with E-state index in [-0.39, 0.29) is 6.04 Å². The van der Waals surface area contributed by atoms with Crippen LogP contribution in [0.5, 0.6) is 11.5 Å². The van der Waals surface area contributed by atoms with Gasteiger partial charge in [-0.15, -0.1) is 0 Å². The summed E-state index contributed by atoms with van der Waals surface area (Å²) in [5.74, 6) is 7.88. The van der Waals surface area contributed by atoms with Crippen molar-refractivity contribution in [1.82, 2.24) is 5.43 Å². The number of hydrogen-bond acceptors (Lipinski definition) is 4. The Bertz CT molecular complexity index is 342. The van der Waals surface area contributed by atoms with Crippen molar-refractivity contribution >= 4 is 0 Å². The molecule has 4 nitrogen and oxygen atoms in total. The van der Waals surface area contributed by atoms with Gasteiger partial charge in [0.1, 0.15) is 11.5 Å². The molecular weight excluding hydrogens is 204 g/mol. The van der Waals surface area contributed by atoms with E-state index >= 15 is 0 Å². The van der Waals surface area contributed by atoms with E-state index in [0.29, 0.717) is 5.92 Å². The van der Waals surface area contributed by atoms with Crippen molar-refractivity contribution in [3.05, 3.63) is 23.8 Å². The molecule has 1 aromatic rings. The fourth-order valence-corrected chi connectivity index (χ4v) is 2.07. The summed E-state index contributed by atoms with van der Waals surface area (Å²) in [6, 6.07) is 5.91. The standard InChI is InChI=1S/C12H18N2O2/c1-15-9-4-3-5-10(16-2)11(9)12(14-13)8-6-7-8/h3-5,8,12,14H,6-7,13H2,1-2H3. The minimum Gasteiger partial charge on any atom is -0.496 e. The lowest BCUT2D eigenvalue weighted by molar-refractivity contribution is 0.363. The largest absolute Gasteiger partial charge is 0.496 e.